The summed E-state index contributed by atoms with van der Waals surface area (Å²) in [5.41, 5.74) is 1.12. The molecule has 1 aromatic rings. The maximum absolute atomic E-state index is 10.9. The van der Waals surface area contributed by atoms with E-state index >= 15 is 0 Å². The lowest BCUT2D eigenvalue weighted by Crippen LogP contribution is -2.54. The van der Waals surface area contributed by atoms with Crippen molar-refractivity contribution >= 4 is 0 Å². The van der Waals surface area contributed by atoms with E-state index in [1.165, 1.54) is 0 Å². The van der Waals surface area contributed by atoms with Gasteiger partial charge in [0.2, 0.25) is 0 Å². The highest BCUT2D eigenvalue weighted by atomic mass is 16.6. The van der Waals surface area contributed by atoms with Crippen molar-refractivity contribution in [3.63, 3.8) is 0 Å². The summed E-state index contributed by atoms with van der Waals surface area (Å²) in [5.74, 6) is 0. The molecule has 5 nitrogen and oxygen atoms in total. The Morgan fingerprint density at radius 1 is 1.44 bits per heavy atom. The zero-order valence-corrected chi connectivity index (χ0v) is 9.00. The molecule has 0 amide bonds. The summed E-state index contributed by atoms with van der Waals surface area (Å²) in [4.78, 5) is 12.6. The number of nitrogens with one attached hydrogen (secondary N) is 1. The van der Waals surface area contributed by atoms with Crippen molar-refractivity contribution in [2.24, 2.45) is 0 Å². The summed E-state index contributed by atoms with van der Waals surface area (Å²) in [6.45, 7) is 2.62. The molecule has 0 radical (unpaired) electrons. The summed E-state index contributed by atoms with van der Waals surface area (Å²) in [7, 11) is 0. The number of nitro groups is 1. The van der Waals surface area contributed by atoms with Gasteiger partial charge in [-0.15, -0.1) is 0 Å². The third kappa shape index (κ3) is 2.56. The smallest absolute Gasteiger partial charge is 0.281 e. The first-order chi connectivity index (χ1) is 7.77. The van der Waals surface area contributed by atoms with Crippen molar-refractivity contribution in [1.82, 2.24) is 10.2 Å². The summed E-state index contributed by atoms with van der Waals surface area (Å²) in [6, 6.07) is 9.86. The summed E-state index contributed by atoms with van der Waals surface area (Å²) >= 11 is 0. The number of piperazine rings is 1. The average molecular weight is 221 g/mol. The molecule has 0 saturated carbocycles. The van der Waals surface area contributed by atoms with E-state index in [2.05, 4.69) is 5.32 Å². The van der Waals surface area contributed by atoms with Gasteiger partial charge < -0.3 is 5.32 Å². The molecule has 1 N–H and O–H groups in total. The van der Waals surface area contributed by atoms with E-state index in [0.29, 0.717) is 13.1 Å². The molecule has 1 fully saturated rings. The largest absolute Gasteiger partial charge is 0.308 e. The molecule has 1 unspecified atom stereocenters. The van der Waals surface area contributed by atoms with Gasteiger partial charge in [0.05, 0.1) is 6.54 Å². The van der Waals surface area contributed by atoms with E-state index in [1.807, 2.05) is 35.2 Å². The second kappa shape index (κ2) is 5.05. The average Bonchev–Trinajstić information content (AvgIpc) is 2.31. The van der Waals surface area contributed by atoms with Gasteiger partial charge in [-0.05, 0) is 5.56 Å². The first-order valence-corrected chi connectivity index (χ1v) is 5.39. The molecule has 1 aromatic carbocycles. The summed E-state index contributed by atoms with van der Waals surface area (Å²) < 4.78 is 0. The van der Waals surface area contributed by atoms with Crippen molar-refractivity contribution in [1.29, 1.82) is 0 Å². The van der Waals surface area contributed by atoms with Crippen LogP contribution in [0.4, 0.5) is 0 Å². The van der Waals surface area contributed by atoms with Crippen LogP contribution in [0.1, 0.15) is 5.56 Å². The Bertz CT molecular complexity index is 356. The van der Waals surface area contributed by atoms with Crippen LogP contribution in [0.2, 0.25) is 0 Å². The van der Waals surface area contributed by atoms with Crippen LogP contribution in [0.3, 0.4) is 0 Å². The summed E-state index contributed by atoms with van der Waals surface area (Å²) in [6.07, 6.45) is -0.603. The van der Waals surface area contributed by atoms with Crippen LogP contribution in [0.5, 0.6) is 0 Å². The molecule has 0 aliphatic carbocycles. The number of nitrogens with zero attached hydrogens (tertiary/aromatic N) is 2. The lowest BCUT2D eigenvalue weighted by atomic mass is 10.2. The molecule has 0 bridgehead atoms. The zero-order chi connectivity index (χ0) is 11.4. The van der Waals surface area contributed by atoms with E-state index in [4.69, 9.17) is 0 Å². The number of hydrogen-bond acceptors (Lipinski definition) is 4. The SMILES string of the molecule is O=[N+]([O-])C1CNCCN1Cc1ccccc1. The Morgan fingerprint density at radius 2 is 2.19 bits per heavy atom. The lowest BCUT2D eigenvalue weighted by Gasteiger charge is -2.29. The van der Waals surface area contributed by atoms with Gasteiger partial charge in [0.25, 0.3) is 6.17 Å². The molecule has 86 valence electrons. The van der Waals surface area contributed by atoms with Crippen molar-refractivity contribution in [2.75, 3.05) is 19.6 Å². The van der Waals surface area contributed by atoms with Gasteiger partial charge >= 0.3 is 0 Å². The Balaban J connectivity index is 2.04. The first-order valence-electron chi connectivity index (χ1n) is 5.39. The fraction of sp³-hybridized carbons (Fsp3) is 0.455. The normalized spacial score (nSPS) is 21.9. The highest BCUT2D eigenvalue weighted by molar-refractivity contribution is 5.14. The molecule has 16 heavy (non-hydrogen) atoms. The van der Waals surface area contributed by atoms with Crippen molar-refractivity contribution < 1.29 is 4.92 Å². The molecule has 1 atom stereocenters. The van der Waals surface area contributed by atoms with Gasteiger partial charge in [0.1, 0.15) is 0 Å². The highest BCUT2D eigenvalue weighted by Gasteiger charge is 2.30. The van der Waals surface area contributed by atoms with E-state index in [1.54, 1.807) is 0 Å². The second-order valence-electron chi connectivity index (χ2n) is 3.93. The summed E-state index contributed by atoms with van der Waals surface area (Å²) in [5, 5.41) is 13.9. The van der Waals surface area contributed by atoms with E-state index in [-0.39, 0.29) is 4.92 Å². The quantitative estimate of drug-likeness (QED) is 0.603. The predicted molar refractivity (Wildman–Crippen MR) is 60.5 cm³/mol. The van der Waals surface area contributed by atoms with Crippen LogP contribution in [0.25, 0.3) is 0 Å². The van der Waals surface area contributed by atoms with Crippen molar-refractivity contribution in [3.8, 4) is 0 Å². The van der Waals surface area contributed by atoms with Crippen LogP contribution >= 0.6 is 0 Å². The minimum Gasteiger partial charge on any atom is -0.308 e. The number of hydrogen-bond donors (Lipinski definition) is 1. The van der Waals surface area contributed by atoms with Gasteiger partial charge in [0.15, 0.2) is 0 Å². The first kappa shape index (κ1) is 11.0. The van der Waals surface area contributed by atoms with Crippen LogP contribution in [-0.2, 0) is 6.54 Å². The van der Waals surface area contributed by atoms with Crippen LogP contribution in [0.15, 0.2) is 30.3 Å². The monoisotopic (exact) mass is 221 g/mol. The van der Waals surface area contributed by atoms with Crippen LogP contribution in [0, 0.1) is 10.1 Å². The molecule has 2 rings (SSSR count). The highest BCUT2D eigenvalue weighted by Crippen LogP contribution is 2.10. The fourth-order valence-electron chi connectivity index (χ4n) is 1.94. The van der Waals surface area contributed by atoms with Gasteiger partial charge in [-0.3, -0.25) is 10.1 Å². The molecule has 1 heterocycles. The van der Waals surface area contributed by atoms with Crippen LogP contribution in [-0.4, -0.2) is 35.6 Å². The van der Waals surface area contributed by atoms with Crippen LogP contribution < -0.4 is 5.32 Å². The molecule has 1 aliphatic rings. The maximum atomic E-state index is 10.9. The van der Waals surface area contributed by atoms with Gasteiger partial charge in [-0.1, -0.05) is 30.3 Å². The zero-order valence-electron chi connectivity index (χ0n) is 9.00. The standard InChI is InChI=1S/C11H15N3O2/c15-14(16)11-8-12-6-7-13(11)9-10-4-2-1-3-5-10/h1-5,11-12H,6-9H2. The predicted octanol–water partition coefficient (Wildman–Crippen LogP) is 0.695. The van der Waals surface area contributed by atoms with Gasteiger partial charge in [-0.2, -0.15) is 0 Å². The Hall–Kier alpha value is -1.46. The molecule has 1 aliphatic heterocycles. The van der Waals surface area contributed by atoms with Gasteiger partial charge in [-0.25, -0.2) is 4.90 Å². The Kier molecular flexibility index (Phi) is 3.48. The number of benzene rings is 1. The third-order valence-corrected chi connectivity index (χ3v) is 2.80. The van der Waals surface area contributed by atoms with Crippen molar-refractivity contribution in [3.05, 3.63) is 46.0 Å². The second-order valence-corrected chi connectivity index (χ2v) is 3.93. The van der Waals surface area contributed by atoms with E-state index < -0.39 is 6.17 Å². The topological polar surface area (TPSA) is 58.4 Å². The number of rotatable bonds is 3. The molecular formula is C11H15N3O2. The molecule has 0 spiro atoms. The maximum Gasteiger partial charge on any atom is 0.281 e. The van der Waals surface area contributed by atoms with E-state index in [9.17, 15) is 10.1 Å². The molecule has 5 heteroatoms. The lowest BCUT2D eigenvalue weighted by molar-refractivity contribution is -0.551. The van der Waals surface area contributed by atoms with Gasteiger partial charge in [0, 0.05) is 24.6 Å². The molecule has 0 aromatic heterocycles. The minimum absolute atomic E-state index is 0.213. The molecular weight excluding hydrogens is 206 g/mol. The Morgan fingerprint density at radius 3 is 2.88 bits per heavy atom. The minimum atomic E-state index is -0.603. The fourth-order valence-corrected chi connectivity index (χ4v) is 1.94. The van der Waals surface area contributed by atoms with E-state index in [0.717, 1.165) is 18.7 Å². The Labute approximate surface area is 94.2 Å². The third-order valence-electron chi connectivity index (χ3n) is 2.80. The van der Waals surface area contributed by atoms with Crippen molar-refractivity contribution in [2.45, 2.75) is 12.7 Å². The molecule has 1 saturated heterocycles.